The highest BCUT2D eigenvalue weighted by molar-refractivity contribution is 5.83. The number of carbonyl (C=O) groups excluding carboxylic acids is 1. The van der Waals surface area contributed by atoms with Gasteiger partial charge in [0, 0.05) is 0 Å². The Balaban J connectivity index is 3.40. The lowest BCUT2D eigenvalue weighted by Crippen LogP contribution is -2.50. The Kier molecular flexibility index (Phi) is 6.54. The molecular weight excluding hydrogens is 176 g/mol. The molecule has 3 heteroatoms. The van der Waals surface area contributed by atoms with Crippen molar-refractivity contribution in [1.29, 1.82) is 0 Å². The van der Waals surface area contributed by atoms with Gasteiger partial charge in [0.1, 0.15) is 0 Å². The van der Waals surface area contributed by atoms with E-state index < -0.39 is 5.54 Å². The summed E-state index contributed by atoms with van der Waals surface area (Å²) in [4.78, 5) is 10.9. The largest absolute Gasteiger partial charge is 0.368 e. The van der Waals surface area contributed by atoms with E-state index in [1.807, 2.05) is 13.8 Å². The van der Waals surface area contributed by atoms with Gasteiger partial charge in [0.2, 0.25) is 5.91 Å². The molecule has 0 fully saturated rings. The van der Waals surface area contributed by atoms with Crippen LogP contribution in [0.2, 0.25) is 0 Å². The van der Waals surface area contributed by atoms with Crippen LogP contribution in [0.1, 0.15) is 52.9 Å². The first kappa shape index (κ1) is 13.4. The second-order valence-corrected chi connectivity index (χ2v) is 4.33. The molecule has 0 saturated heterocycles. The molecule has 0 aliphatic rings. The normalized spacial score (nSPS) is 11.6. The summed E-state index contributed by atoms with van der Waals surface area (Å²) in [6.45, 7) is 6.72. The lowest BCUT2D eigenvalue weighted by molar-refractivity contribution is -0.123. The van der Waals surface area contributed by atoms with Crippen LogP contribution in [0.25, 0.3) is 0 Å². The zero-order valence-electron chi connectivity index (χ0n) is 9.73. The molecule has 0 unspecified atom stereocenters. The molecule has 0 spiro atoms. The Morgan fingerprint density at radius 3 is 2.29 bits per heavy atom. The summed E-state index contributed by atoms with van der Waals surface area (Å²) in [5, 5.41) is 3.16. The van der Waals surface area contributed by atoms with E-state index in [4.69, 9.17) is 5.73 Å². The van der Waals surface area contributed by atoms with Crippen molar-refractivity contribution in [3.63, 3.8) is 0 Å². The molecular formula is C11H24N2O. The summed E-state index contributed by atoms with van der Waals surface area (Å²) < 4.78 is 0. The van der Waals surface area contributed by atoms with Gasteiger partial charge in [-0.2, -0.15) is 0 Å². The summed E-state index contributed by atoms with van der Waals surface area (Å²) in [7, 11) is 0. The van der Waals surface area contributed by atoms with E-state index >= 15 is 0 Å². The number of primary amides is 1. The van der Waals surface area contributed by atoms with Crippen molar-refractivity contribution in [1.82, 2.24) is 5.32 Å². The number of amides is 1. The van der Waals surface area contributed by atoms with Gasteiger partial charge in [-0.15, -0.1) is 0 Å². The van der Waals surface area contributed by atoms with Gasteiger partial charge in [0.25, 0.3) is 0 Å². The number of hydrogen-bond acceptors (Lipinski definition) is 2. The second-order valence-electron chi connectivity index (χ2n) is 4.33. The van der Waals surface area contributed by atoms with Gasteiger partial charge < -0.3 is 11.1 Å². The average molecular weight is 200 g/mol. The van der Waals surface area contributed by atoms with Crippen LogP contribution in [0.3, 0.4) is 0 Å². The third-order valence-electron chi connectivity index (χ3n) is 2.46. The minimum atomic E-state index is -0.565. The molecule has 0 aromatic heterocycles. The van der Waals surface area contributed by atoms with Gasteiger partial charge in [-0.3, -0.25) is 4.79 Å². The van der Waals surface area contributed by atoms with Gasteiger partial charge in [0.05, 0.1) is 5.54 Å². The molecule has 84 valence electrons. The van der Waals surface area contributed by atoms with Gasteiger partial charge in [-0.05, 0) is 26.8 Å². The molecule has 0 radical (unpaired) electrons. The standard InChI is InChI=1S/C11H24N2O/c1-4-5-6-7-8-9-13-11(2,3)10(12)14/h13H,4-9H2,1-3H3,(H2,12,14). The topological polar surface area (TPSA) is 55.1 Å². The van der Waals surface area contributed by atoms with Gasteiger partial charge in [-0.25, -0.2) is 0 Å². The molecule has 14 heavy (non-hydrogen) atoms. The smallest absolute Gasteiger partial charge is 0.237 e. The molecule has 0 rings (SSSR count). The average Bonchev–Trinajstić information content (AvgIpc) is 2.10. The summed E-state index contributed by atoms with van der Waals surface area (Å²) in [5.74, 6) is -0.286. The lowest BCUT2D eigenvalue weighted by atomic mass is 10.0. The third-order valence-corrected chi connectivity index (χ3v) is 2.46. The zero-order chi connectivity index (χ0) is 11.0. The predicted octanol–water partition coefficient (Wildman–Crippen LogP) is 1.81. The van der Waals surface area contributed by atoms with Gasteiger partial charge in [-0.1, -0.05) is 32.6 Å². The summed E-state index contributed by atoms with van der Waals surface area (Å²) in [5.41, 5.74) is 4.67. The molecule has 0 heterocycles. The van der Waals surface area contributed by atoms with Crippen LogP contribution in [0.4, 0.5) is 0 Å². The maximum atomic E-state index is 10.9. The quantitative estimate of drug-likeness (QED) is 0.587. The van der Waals surface area contributed by atoms with Crippen LogP contribution in [-0.4, -0.2) is 18.0 Å². The number of hydrogen-bond donors (Lipinski definition) is 2. The van der Waals surface area contributed by atoms with E-state index in [0.29, 0.717) is 0 Å². The highest BCUT2D eigenvalue weighted by atomic mass is 16.1. The lowest BCUT2D eigenvalue weighted by Gasteiger charge is -2.22. The molecule has 0 aromatic carbocycles. The molecule has 3 nitrogen and oxygen atoms in total. The van der Waals surface area contributed by atoms with Gasteiger partial charge in [0.15, 0.2) is 0 Å². The summed E-state index contributed by atoms with van der Waals surface area (Å²) >= 11 is 0. The Hall–Kier alpha value is -0.570. The molecule has 1 amide bonds. The number of carbonyl (C=O) groups is 1. The van der Waals surface area contributed by atoms with Crippen LogP contribution < -0.4 is 11.1 Å². The van der Waals surface area contributed by atoms with Crippen LogP contribution in [0.15, 0.2) is 0 Å². The third kappa shape index (κ3) is 5.97. The summed E-state index contributed by atoms with van der Waals surface area (Å²) in [6.07, 6.45) is 6.21. The Morgan fingerprint density at radius 1 is 1.21 bits per heavy atom. The van der Waals surface area contributed by atoms with Crippen LogP contribution >= 0.6 is 0 Å². The molecule has 0 aliphatic heterocycles. The van der Waals surface area contributed by atoms with E-state index in [1.54, 1.807) is 0 Å². The molecule has 0 atom stereocenters. The predicted molar refractivity (Wildman–Crippen MR) is 60.0 cm³/mol. The fourth-order valence-corrected chi connectivity index (χ4v) is 1.22. The number of nitrogens with one attached hydrogen (secondary N) is 1. The van der Waals surface area contributed by atoms with Crippen molar-refractivity contribution < 1.29 is 4.79 Å². The molecule has 0 aliphatic carbocycles. The van der Waals surface area contributed by atoms with Crippen LogP contribution in [0.5, 0.6) is 0 Å². The fraction of sp³-hybridized carbons (Fsp3) is 0.909. The van der Waals surface area contributed by atoms with Crippen molar-refractivity contribution in [2.24, 2.45) is 5.73 Å². The van der Waals surface area contributed by atoms with E-state index in [2.05, 4.69) is 12.2 Å². The minimum Gasteiger partial charge on any atom is -0.368 e. The Bertz CT molecular complexity index is 167. The van der Waals surface area contributed by atoms with Crippen molar-refractivity contribution in [2.45, 2.75) is 58.4 Å². The number of unbranched alkanes of at least 4 members (excludes halogenated alkanes) is 4. The number of nitrogens with two attached hydrogens (primary N) is 1. The van der Waals surface area contributed by atoms with E-state index in [9.17, 15) is 4.79 Å². The SMILES string of the molecule is CCCCCCCNC(C)(C)C(N)=O. The van der Waals surface area contributed by atoms with Crippen molar-refractivity contribution in [3.8, 4) is 0 Å². The first-order valence-corrected chi connectivity index (χ1v) is 5.55. The highest BCUT2D eigenvalue weighted by Gasteiger charge is 2.22. The molecule has 0 aromatic rings. The van der Waals surface area contributed by atoms with Crippen molar-refractivity contribution >= 4 is 5.91 Å². The fourth-order valence-electron chi connectivity index (χ4n) is 1.22. The second kappa shape index (κ2) is 6.82. The van der Waals surface area contributed by atoms with Crippen LogP contribution in [0, 0.1) is 0 Å². The maximum absolute atomic E-state index is 10.9. The molecule has 0 saturated carbocycles. The van der Waals surface area contributed by atoms with Gasteiger partial charge >= 0.3 is 0 Å². The van der Waals surface area contributed by atoms with E-state index in [0.717, 1.165) is 13.0 Å². The first-order chi connectivity index (χ1) is 6.50. The van der Waals surface area contributed by atoms with Crippen LogP contribution in [-0.2, 0) is 4.79 Å². The zero-order valence-corrected chi connectivity index (χ0v) is 9.73. The minimum absolute atomic E-state index is 0.286. The van der Waals surface area contributed by atoms with Crippen molar-refractivity contribution in [3.05, 3.63) is 0 Å². The van der Waals surface area contributed by atoms with E-state index in [-0.39, 0.29) is 5.91 Å². The maximum Gasteiger partial charge on any atom is 0.237 e. The van der Waals surface area contributed by atoms with E-state index in [1.165, 1.54) is 25.7 Å². The number of rotatable bonds is 8. The monoisotopic (exact) mass is 200 g/mol. The summed E-state index contributed by atoms with van der Waals surface area (Å²) in [6, 6.07) is 0. The molecule has 0 bridgehead atoms. The van der Waals surface area contributed by atoms with Crippen molar-refractivity contribution in [2.75, 3.05) is 6.54 Å². The highest BCUT2D eigenvalue weighted by Crippen LogP contribution is 2.04. The molecule has 3 N–H and O–H groups in total. The Morgan fingerprint density at radius 2 is 1.79 bits per heavy atom. The Labute approximate surface area is 87.4 Å². The first-order valence-electron chi connectivity index (χ1n) is 5.55.